The van der Waals surface area contributed by atoms with Gasteiger partial charge in [0.05, 0.1) is 0 Å². The number of nitrogens with zero attached hydrogens (tertiary/aromatic N) is 1. The van der Waals surface area contributed by atoms with Crippen molar-refractivity contribution >= 4 is 0 Å². The summed E-state index contributed by atoms with van der Waals surface area (Å²) in [6.07, 6.45) is 11.2. The molecular weight excluding hydrogens is 220 g/mol. The maximum absolute atomic E-state index is 5.80. The van der Waals surface area contributed by atoms with Crippen LogP contribution in [0.15, 0.2) is 0 Å². The highest BCUT2D eigenvalue weighted by atomic mass is 15.1. The molecule has 0 amide bonds. The van der Waals surface area contributed by atoms with Gasteiger partial charge in [0, 0.05) is 6.54 Å². The van der Waals surface area contributed by atoms with Crippen LogP contribution in [-0.2, 0) is 0 Å². The molecule has 2 N–H and O–H groups in total. The molecule has 18 heavy (non-hydrogen) atoms. The van der Waals surface area contributed by atoms with E-state index >= 15 is 0 Å². The van der Waals surface area contributed by atoms with Crippen molar-refractivity contribution in [3.63, 3.8) is 0 Å². The third-order valence-electron chi connectivity index (χ3n) is 4.55. The van der Waals surface area contributed by atoms with Crippen molar-refractivity contribution in [1.82, 2.24) is 4.90 Å². The zero-order valence-electron chi connectivity index (χ0n) is 12.7. The Morgan fingerprint density at radius 1 is 1.06 bits per heavy atom. The lowest BCUT2D eigenvalue weighted by molar-refractivity contribution is 0.131. The lowest BCUT2D eigenvalue weighted by Crippen LogP contribution is -2.42. The molecule has 108 valence electrons. The van der Waals surface area contributed by atoms with E-state index in [0.717, 1.165) is 18.4 Å². The summed E-state index contributed by atoms with van der Waals surface area (Å²) in [7, 11) is 0. The molecule has 2 nitrogen and oxygen atoms in total. The first-order chi connectivity index (χ1) is 8.77. The smallest absolute Gasteiger partial charge is 0.00101 e. The number of hydrogen-bond acceptors (Lipinski definition) is 2. The van der Waals surface area contributed by atoms with E-state index in [1.165, 1.54) is 71.0 Å². The van der Waals surface area contributed by atoms with Crippen LogP contribution in [-0.4, -0.2) is 31.1 Å². The van der Waals surface area contributed by atoms with E-state index in [9.17, 15) is 0 Å². The lowest BCUT2D eigenvalue weighted by Gasteiger charge is -2.36. The Labute approximate surface area is 114 Å². The monoisotopic (exact) mass is 254 g/mol. The van der Waals surface area contributed by atoms with Gasteiger partial charge in [0.25, 0.3) is 0 Å². The summed E-state index contributed by atoms with van der Waals surface area (Å²) in [6.45, 7) is 9.40. The molecule has 1 saturated heterocycles. The first-order valence-corrected chi connectivity index (χ1v) is 8.20. The fourth-order valence-corrected chi connectivity index (χ4v) is 3.13. The molecular formula is C16H34N2. The van der Waals surface area contributed by atoms with Gasteiger partial charge in [-0.25, -0.2) is 0 Å². The Kier molecular flexibility index (Phi) is 8.70. The Bertz CT molecular complexity index is 194. The normalized spacial score (nSPS) is 25.5. The molecule has 1 aliphatic heterocycles. The minimum absolute atomic E-state index is 0.773. The molecule has 1 aliphatic rings. The second-order valence-electron chi connectivity index (χ2n) is 6.18. The van der Waals surface area contributed by atoms with Crippen LogP contribution in [0.4, 0.5) is 0 Å². The van der Waals surface area contributed by atoms with Crippen LogP contribution >= 0.6 is 0 Å². The maximum atomic E-state index is 5.80. The topological polar surface area (TPSA) is 29.3 Å². The van der Waals surface area contributed by atoms with Crippen LogP contribution in [0.3, 0.4) is 0 Å². The number of nitrogens with two attached hydrogens (primary N) is 1. The van der Waals surface area contributed by atoms with Gasteiger partial charge in [-0.2, -0.15) is 0 Å². The van der Waals surface area contributed by atoms with Gasteiger partial charge in [-0.1, -0.05) is 52.4 Å². The molecule has 2 atom stereocenters. The number of likely N-dealkylation sites (tertiary alicyclic amines) is 1. The minimum Gasteiger partial charge on any atom is -0.330 e. The Balaban J connectivity index is 1.97. The second-order valence-corrected chi connectivity index (χ2v) is 6.18. The predicted molar refractivity (Wildman–Crippen MR) is 80.8 cm³/mol. The van der Waals surface area contributed by atoms with Crippen LogP contribution in [0.25, 0.3) is 0 Å². The number of rotatable bonds is 9. The Morgan fingerprint density at radius 2 is 1.72 bits per heavy atom. The van der Waals surface area contributed by atoms with Gasteiger partial charge in [-0.15, -0.1) is 0 Å². The first kappa shape index (κ1) is 16.0. The average molecular weight is 254 g/mol. The van der Waals surface area contributed by atoms with E-state index in [1.807, 2.05) is 0 Å². The van der Waals surface area contributed by atoms with E-state index in [-0.39, 0.29) is 0 Å². The molecule has 2 heteroatoms. The van der Waals surface area contributed by atoms with Crippen LogP contribution < -0.4 is 5.73 Å². The molecule has 0 saturated carbocycles. The van der Waals surface area contributed by atoms with Gasteiger partial charge in [0.1, 0.15) is 0 Å². The highest BCUT2D eigenvalue weighted by Gasteiger charge is 2.24. The highest BCUT2D eigenvalue weighted by molar-refractivity contribution is 4.78. The third kappa shape index (κ3) is 6.19. The van der Waals surface area contributed by atoms with Crippen molar-refractivity contribution in [2.75, 3.05) is 26.2 Å². The van der Waals surface area contributed by atoms with Crippen molar-refractivity contribution in [2.24, 2.45) is 17.6 Å². The van der Waals surface area contributed by atoms with E-state index in [1.54, 1.807) is 0 Å². The van der Waals surface area contributed by atoms with Crippen molar-refractivity contribution in [2.45, 2.75) is 65.2 Å². The van der Waals surface area contributed by atoms with Gasteiger partial charge in [-0.05, 0) is 44.3 Å². The Hall–Kier alpha value is -0.0800. The molecule has 1 rings (SSSR count). The van der Waals surface area contributed by atoms with Gasteiger partial charge < -0.3 is 10.6 Å². The third-order valence-corrected chi connectivity index (χ3v) is 4.55. The van der Waals surface area contributed by atoms with E-state index in [2.05, 4.69) is 18.7 Å². The van der Waals surface area contributed by atoms with Gasteiger partial charge in [-0.3, -0.25) is 0 Å². The van der Waals surface area contributed by atoms with Crippen LogP contribution in [0.1, 0.15) is 65.2 Å². The van der Waals surface area contributed by atoms with Crippen LogP contribution in [0.2, 0.25) is 0 Å². The summed E-state index contributed by atoms with van der Waals surface area (Å²) < 4.78 is 0. The molecule has 1 fully saturated rings. The summed E-state index contributed by atoms with van der Waals surface area (Å²) in [5.41, 5.74) is 5.80. The summed E-state index contributed by atoms with van der Waals surface area (Å²) in [4.78, 5) is 2.66. The van der Waals surface area contributed by atoms with Crippen molar-refractivity contribution < 1.29 is 0 Å². The molecule has 0 aromatic heterocycles. The highest BCUT2D eigenvalue weighted by Crippen LogP contribution is 2.22. The maximum Gasteiger partial charge on any atom is 0.00101 e. The van der Waals surface area contributed by atoms with Crippen molar-refractivity contribution in [1.29, 1.82) is 0 Å². The molecule has 1 heterocycles. The summed E-state index contributed by atoms with van der Waals surface area (Å²) >= 11 is 0. The van der Waals surface area contributed by atoms with E-state index in [4.69, 9.17) is 5.73 Å². The second kappa shape index (κ2) is 9.80. The molecule has 2 unspecified atom stereocenters. The summed E-state index contributed by atoms with van der Waals surface area (Å²) in [5, 5.41) is 0. The van der Waals surface area contributed by atoms with E-state index < -0.39 is 0 Å². The Morgan fingerprint density at radius 3 is 2.33 bits per heavy atom. The molecule has 0 aliphatic carbocycles. The first-order valence-electron chi connectivity index (χ1n) is 8.20. The predicted octanol–water partition coefficient (Wildman–Crippen LogP) is 3.65. The largest absolute Gasteiger partial charge is 0.330 e. The molecule has 0 spiro atoms. The van der Waals surface area contributed by atoms with Gasteiger partial charge in [0.2, 0.25) is 0 Å². The fourth-order valence-electron chi connectivity index (χ4n) is 3.13. The van der Waals surface area contributed by atoms with Crippen LogP contribution in [0.5, 0.6) is 0 Å². The summed E-state index contributed by atoms with van der Waals surface area (Å²) in [5.74, 6) is 1.57. The fraction of sp³-hybridized carbons (Fsp3) is 1.00. The molecule has 0 bridgehead atoms. The quantitative estimate of drug-likeness (QED) is 0.636. The van der Waals surface area contributed by atoms with Crippen LogP contribution in [0, 0.1) is 11.8 Å². The molecule has 0 aromatic carbocycles. The lowest BCUT2D eigenvalue weighted by atomic mass is 9.87. The SMILES string of the molecule is CCCCCCCCCN1CCC(CN)C(C)C1. The number of hydrogen-bond donors (Lipinski definition) is 1. The zero-order chi connectivity index (χ0) is 13.2. The van der Waals surface area contributed by atoms with Crippen molar-refractivity contribution in [3.8, 4) is 0 Å². The van der Waals surface area contributed by atoms with E-state index in [0.29, 0.717) is 0 Å². The van der Waals surface area contributed by atoms with Crippen molar-refractivity contribution in [3.05, 3.63) is 0 Å². The number of piperidine rings is 1. The number of unbranched alkanes of at least 4 members (excludes halogenated alkanes) is 6. The molecule has 0 radical (unpaired) electrons. The standard InChI is InChI=1S/C16H34N2/c1-3-4-5-6-7-8-9-11-18-12-10-16(13-17)15(2)14-18/h15-16H,3-14,17H2,1-2H3. The minimum atomic E-state index is 0.773. The molecule has 0 aromatic rings. The summed E-state index contributed by atoms with van der Waals surface area (Å²) in [6, 6.07) is 0. The van der Waals surface area contributed by atoms with Gasteiger partial charge in [0.15, 0.2) is 0 Å². The average Bonchev–Trinajstić information content (AvgIpc) is 2.38. The van der Waals surface area contributed by atoms with Gasteiger partial charge >= 0.3 is 0 Å². The zero-order valence-corrected chi connectivity index (χ0v) is 12.7.